The zero-order valence-corrected chi connectivity index (χ0v) is 8.58. The Morgan fingerprint density at radius 1 is 1.54 bits per heavy atom. The van der Waals surface area contributed by atoms with Crippen molar-refractivity contribution in [2.24, 2.45) is 0 Å². The van der Waals surface area contributed by atoms with Crippen LogP contribution in [0.3, 0.4) is 0 Å². The Morgan fingerprint density at radius 2 is 2.23 bits per heavy atom. The van der Waals surface area contributed by atoms with E-state index in [1.54, 1.807) is 12.2 Å². The van der Waals surface area contributed by atoms with Crippen molar-refractivity contribution in [2.75, 3.05) is 6.61 Å². The molecule has 1 atom stereocenters. The predicted octanol–water partition coefficient (Wildman–Crippen LogP) is 2.27. The topological polar surface area (TPSA) is 35.5 Å². The van der Waals surface area contributed by atoms with Gasteiger partial charge in [0.05, 0.1) is 6.61 Å². The Balaban J connectivity index is 3.73. The summed E-state index contributed by atoms with van der Waals surface area (Å²) < 4.78 is 10.2. The quantitative estimate of drug-likeness (QED) is 0.276. The minimum absolute atomic E-state index is 0.320. The summed E-state index contributed by atoms with van der Waals surface area (Å²) in [5.41, 5.74) is 0. The van der Waals surface area contributed by atoms with Crippen LogP contribution in [-0.2, 0) is 14.3 Å². The molecular formula is C10H18O3. The van der Waals surface area contributed by atoms with E-state index < -0.39 is 6.29 Å². The van der Waals surface area contributed by atoms with E-state index >= 15 is 0 Å². The molecule has 76 valence electrons. The molecule has 0 aliphatic carbocycles. The maximum absolute atomic E-state index is 10.6. The Hall–Kier alpha value is -0.830. The van der Waals surface area contributed by atoms with Gasteiger partial charge in [-0.05, 0) is 19.4 Å². The first-order valence-electron chi connectivity index (χ1n) is 4.62. The molecule has 0 heterocycles. The Labute approximate surface area is 79.7 Å². The molecular weight excluding hydrogens is 168 g/mol. The lowest BCUT2D eigenvalue weighted by Crippen LogP contribution is -2.18. The van der Waals surface area contributed by atoms with E-state index in [-0.39, 0.29) is 5.97 Å². The summed E-state index contributed by atoms with van der Waals surface area (Å²) in [7, 11) is 0. The van der Waals surface area contributed by atoms with Crippen LogP contribution < -0.4 is 0 Å². The van der Waals surface area contributed by atoms with Gasteiger partial charge in [-0.3, -0.25) is 4.79 Å². The van der Waals surface area contributed by atoms with Crippen LogP contribution in [0, 0.1) is 0 Å². The molecule has 0 rings (SSSR count). The number of hydrogen-bond donors (Lipinski definition) is 0. The lowest BCUT2D eigenvalue weighted by Gasteiger charge is -2.13. The maximum Gasteiger partial charge on any atom is 0.305 e. The van der Waals surface area contributed by atoms with Crippen molar-refractivity contribution in [2.45, 2.75) is 39.9 Å². The van der Waals surface area contributed by atoms with Gasteiger partial charge in [-0.2, -0.15) is 0 Å². The number of unbranched alkanes of at least 4 members (excludes halogenated alkanes) is 1. The van der Waals surface area contributed by atoms with E-state index in [0.717, 1.165) is 12.8 Å². The van der Waals surface area contributed by atoms with Crippen LogP contribution in [0.4, 0.5) is 0 Å². The number of esters is 1. The van der Waals surface area contributed by atoms with E-state index in [4.69, 9.17) is 9.47 Å². The molecule has 0 radical (unpaired) electrons. The SMILES string of the molecule is CC=CC(OCCCC)OC(C)=O. The maximum atomic E-state index is 10.6. The third-order valence-electron chi connectivity index (χ3n) is 1.41. The average molecular weight is 186 g/mol. The highest BCUT2D eigenvalue weighted by molar-refractivity contribution is 5.66. The molecule has 0 spiro atoms. The highest BCUT2D eigenvalue weighted by Gasteiger charge is 2.06. The van der Waals surface area contributed by atoms with Crippen molar-refractivity contribution in [1.82, 2.24) is 0 Å². The molecule has 0 aliphatic rings. The van der Waals surface area contributed by atoms with Gasteiger partial charge in [-0.1, -0.05) is 19.4 Å². The van der Waals surface area contributed by atoms with Gasteiger partial charge in [-0.25, -0.2) is 0 Å². The smallest absolute Gasteiger partial charge is 0.305 e. The lowest BCUT2D eigenvalue weighted by atomic mass is 10.4. The van der Waals surface area contributed by atoms with E-state index in [0.29, 0.717) is 6.61 Å². The number of rotatable bonds is 6. The van der Waals surface area contributed by atoms with E-state index in [2.05, 4.69) is 6.92 Å². The molecule has 0 aromatic carbocycles. The van der Waals surface area contributed by atoms with Crippen LogP contribution in [0.1, 0.15) is 33.6 Å². The number of carbonyl (C=O) groups excluding carboxylic acids is 1. The van der Waals surface area contributed by atoms with Crippen molar-refractivity contribution in [3.63, 3.8) is 0 Å². The van der Waals surface area contributed by atoms with Crippen molar-refractivity contribution < 1.29 is 14.3 Å². The van der Waals surface area contributed by atoms with E-state index in [9.17, 15) is 4.79 Å². The molecule has 0 fully saturated rings. The van der Waals surface area contributed by atoms with Gasteiger partial charge < -0.3 is 9.47 Å². The fourth-order valence-corrected chi connectivity index (χ4v) is 0.793. The molecule has 0 saturated heterocycles. The van der Waals surface area contributed by atoms with Crippen molar-refractivity contribution in [3.8, 4) is 0 Å². The highest BCUT2D eigenvalue weighted by atomic mass is 16.7. The van der Waals surface area contributed by atoms with Gasteiger partial charge in [0.15, 0.2) is 0 Å². The molecule has 0 bridgehead atoms. The van der Waals surface area contributed by atoms with Gasteiger partial charge in [-0.15, -0.1) is 0 Å². The van der Waals surface area contributed by atoms with Gasteiger partial charge in [0.2, 0.25) is 6.29 Å². The molecule has 1 unspecified atom stereocenters. The van der Waals surface area contributed by atoms with Gasteiger partial charge in [0.1, 0.15) is 0 Å². The molecule has 0 amide bonds. The van der Waals surface area contributed by atoms with Gasteiger partial charge >= 0.3 is 5.97 Å². The fourth-order valence-electron chi connectivity index (χ4n) is 0.793. The summed E-state index contributed by atoms with van der Waals surface area (Å²) in [6.07, 6.45) is 5.06. The van der Waals surface area contributed by atoms with Crippen molar-refractivity contribution >= 4 is 5.97 Å². The molecule has 0 N–H and O–H groups in total. The molecule has 0 aliphatic heterocycles. The Kier molecular flexibility index (Phi) is 7.30. The zero-order valence-electron chi connectivity index (χ0n) is 8.58. The minimum atomic E-state index is -0.519. The van der Waals surface area contributed by atoms with Gasteiger partial charge in [0, 0.05) is 6.92 Å². The molecule has 3 heteroatoms. The number of carbonyl (C=O) groups is 1. The van der Waals surface area contributed by atoms with Gasteiger partial charge in [0.25, 0.3) is 0 Å². The third kappa shape index (κ3) is 7.53. The number of allylic oxidation sites excluding steroid dienone is 1. The second-order valence-electron chi connectivity index (χ2n) is 2.73. The standard InChI is InChI=1S/C10H18O3/c1-4-6-8-12-10(7-5-2)13-9(3)11/h5,7,10H,4,6,8H2,1-3H3. The van der Waals surface area contributed by atoms with E-state index in [1.807, 2.05) is 6.92 Å². The second kappa shape index (κ2) is 7.80. The number of ether oxygens (including phenoxy) is 2. The molecule has 0 aromatic rings. The largest absolute Gasteiger partial charge is 0.432 e. The lowest BCUT2D eigenvalue weighted by molar-refractivity contribution is -0.166. The van der Waals surface area contributed by atoms with Crippen LogP contribution in [0.2, 0.25) is 0 Å². The van der Waals surface area contributed by atoms with Crippen LogP contribution in [0.15, 0.2) is 12.2 Å². The molecule has 3 nitrogen and oxygen atoms in total. The van der Waals surface area contributed by atoms with Crippen molar-refractivity contribution in [1.29, 1.82) is 0 Å². The Morgan fingerprint density at radius 3 is 2.69 bits per heavy atom. The normalized spacial score (nSPS) is 13.2. The second-order valence-corrected chi connectivity index (χ2v) is 2.73. The molecule has 13 heavy (non-hydrogen) atoms. The van der Waals surface area contributed by atoms with Crippen LogP contribution in [0.25, 0.3) is 0 Å². The first kappa shape index (κ1) is 12.2. The minimum Gasteiger partial charge on any atom is -0.432 e. The molecule has 0 saturated carbocycles. The molecule has 0 aromatic heterocycles. The summed E-state index contributed by atoms with van der Waals surface area (Å²) in [6.45, 7) is 5.94. The van der Waals surface area contributed by atoms with E-state index in [1.165, 1.54) is 6.92 Å². The summed E-state index contributed by atoms with van der Waals surface area (Å²) in [5, 5.41) is 0. The number of hydrogen-bond acceptors (Lipinski definition) is 3. The zero-order chi connectivity index (χ0) is 10.1. The average Bonchev–Trinajstić information content (AvgIpc) is 2.04. The monoisotopic (exact) mass is 186 g/mol. The fraction of sp³-hybridized carbons (Fsp3) is 0.700. The summed E-state index contributed by atoms with van der Waals surface area (Å²) in [6, 6.07) is 0. The highest BCUT2D eigenvalue weighted by Crippen LogP contribution is 2.00. The van der Waals surface area contributed by atoms with Crippen LogP contribution >= 0.6 is 0 Å². The first-order valence-corrected chi connectivity index (χ1v) is 4.62. The summed E-state index contributed by atoms with van der Waals surface area (Å²) in [5.74, 6) is -0.320. The van der Waals surface area contributed by atoms with Crippen LogP contribution in [-0.4, -0.2) is 18.9 Å². The summed E-state index contributed by atoms with van der Waals surface area (Å²) in [4.78, 5) is 10.6. The predicted molar refractivity (Wildman–Crippen MR) is 51.2 cm³/mol. The van der Waals surface area contributed by atoms with Crippen molar-refractivity contribution in [3.05, 3.63) is 12.2 Å². The first-order chi connectivity index (χ1) is 6.20. The Bertz CT molecular complexity index is 164. The summed E-state index contributed by atoms with van der Waals surface area (Å²) >= 11 is 0. The third-order valence-corrected chi connectivity index (χ3v) is 1.41. The van der Waals surface area contributed by atoms with Crippen LogP contribution in [0.5, 0.6) is 0 Å².